The largest absolute Gasteiger partial charge is 0.355 e. The summed E-state index contributed by atoms with van der Waals surface area (Å²) in [5.41, 5.74) is 18.9. The zero-order valence-electron chi connectivity index (χ0n) is 31.6. The maximum atomic E-state index is 3.92. The van der Waals surface area contributed by atoms with Crippen LogP contribution < -0.4 is 31.5 Å². The van der Waals surface area contributed by atoms with Gasteiger partial charge in [-0.25, -0.2) is 0 Å². The lowest BCUT2D eigenvalue weighted by Crippen LogP contribution is -2.62. The van der Waals surface area contributed by atoms with Crippen molar-refractivity contribution in [2.75, 3.05) is 10.2 Å². The average molecular weight is 720 g/mol. The van der Waals surface area contributed by atoms with Crippen LogP contribution in [-0.4, -0.2) is 15.4 Å². The zero-order valence-corrected chi connectivity index (χ0v) is 32.6. The Balaban J connectivity index is 1.20. The SMILES string of the molecule is CC1(C)c2ccccc2-c2cc(-c3cc4ccccc4cc3Nc3ccc(-c4ccccc4)cc3)c3c(c21)N1c2ccccc2[Si](C)(C)c2cccc(c21)[B]3. The summed E-state index contributed by atoms with van der Waals surface area (Å²) >= 11 is 0. The monoisotopic (exact) mass is 719 g/mol. The summed E-state index contributed by atoms with van der Waals surface area (Å²) in [4.78, 5) is 2.67. The normalized spacial score (nSPS) is 14.9. The summed E-state index contributed by atoms with van der Waals surface area (Å²) in [6.07, 6.45) is 0. The molecule has 0 bridgehead atoms. The average Bonchev–Trinajstić information content (AvgIpc) is 3.45. The van der Waals surface area contributed by atoms with E-state index in [4.69, 9.17) is 0 Å². The second-order valence-corrected chi connectivity index (χ2v) is 20.8. The number of benzene rings is 8. The van der Waals surface area contributed by atoms with Gasteiger partial charge in [0.15, 0.2) is 7.28 Å². The summed E-state index contributed by atoms with van der Waals surface area (Å²) in [7, 11) is 0.514. The molecule has 8 aromatic carbocycles. The van der Waals surface area contributed by atoms with E-state index < -0.39 is 8.07 Å². The molecule has 1 N–H and O–H groups in total. The molecule has 261 valence electrons. The highest BCUT2D eigenvalue weighted by Crippen LogP contribution is 2.56. The van der Waals surface area contributed by atoms with Gasteiger partial charge in [0.1, 0.15) is 8.07 Å². The van der Waals surface area contributed by atoms with Gasteiger partial charge in [-0.3, -0.25) is 0 Å². The maximum Gasteiger partial charge on any atom is 0.197 e. The van der Waals surface area contributed by atoms with Crippen LogP contribution in [0.5, 0.6) is 0 Å². The Morgan fingerprint density at radius 2 is 1.22 bits per heavy atom. The predicted molar refractivity (Wildman–Crippen MR) is 239 cm³/mol. The van der Waals surface area contributed by atoms with E-state index in [0.717, 1.165) is 11.4 Å². The van der Waals surface area contributed by atoms with Crippen LogP contribution in [0, 0.1) is 0 Å². The molecular formula is C51H40BN2Si. The van der Waals surface area contributed by atoms with E-state index >= 15 is 0 Å². The van der Waals surface area contributed by atoms with Gasteiger partial charge in [-0.05, 0) is 102 Å². The van der Waals surface area contributed by atoms with Gasteiger partial charge in [-0.1, -0.05) is 160 Å². The van der Waals surface area contributed by atoms with Crippen molar-refractivity contribution in [3.63, 3.8) is 0 Å². The Hall–Kier alpha value is -6.10. The molecule has 11 rings (SSSR count). The Kier molecular flexibility index (Phi) is 6.88. The molecule has 0 unspecified atom stereocenters. The molecule has 0 aromatic heterocycles. The number of hydrogen-bond donors (Lipinski definition) is 1. The van der Waals surface area contributed by atoms with Crippen molar-refractivity contribution < 1.29 is 0 Å². The van der Waals surface area contributed by atoms with Gasteiger partial charge in [0, 0.05) is 39.4 Å². The molecule has 0 spiro atoms. The molecule has 1 aliphatic carbocycles. The van der Waals surface area contributed by atoms with Crippen LogP contribution in [0.2, 0.25) is 13.1 Å². The lowest BCUT2D eigenvalue weighted by molar-refractivity contribution is 0.661. The number of nitrogens with zero attached hydrogens (tertiary/aromatic N) is 1. The minimum atomic E-state index is -1.99. The molecular weight excluding hydrogens is 679 g/mol. The van der Waals surface area contributed by atoms with Gasteiger partial charge in [-0.15, -0.1) is 0 Å². The topological polar surface area (TPSA) is 15.3 Å². The first-order chi connectivity index (χ1) is 26.8. The van der Waals surface area contributed by atoms with Gasteiger partial charge in [0.05, 0.1) is 0 Å². The third-order valence-corrected chi connectivity index (χ3v) is 16.1. The van der Waals surface area contributed by atoms with Crippen molar-refractivity contribution in [2.24, 2.45) is 0 Å². The number of hydrogen-bond acceptors (Lipinski definition) is 2. The van der Waals surface area contributed by atoms with E-state index in [2.05, 4.69) is 208 Å². The predicted octanol–water partition coefficient (Wildman–Crippen LogP) is 10.8. The maximum absolute atomic E-state index is 3.92. The molecule has 8 aromatic rings. The quantitative estimate of drug-likeness (QED) is 0.182. The summed E-state index contributed by atoms with van der Waals surface area (Å²) < 4.78 is 0. The highest BCUT2D eigenvalue weighted by atomic mass is 28.3. The van der Waals surface area contributed by atoms with Crippen molar-refractivity contribution in [1.82, 2.24) is 0 Å². The minimum absolute atomic E-state index is 0.195. The van der Waals surface area contributed by atoms with Gasteiger partial charge in [0.25, 0.3) is 0 Å². The highest BCUT2D eigenvalue weighted by Gasteiger charge is 2.47. The summed E-state index contributed by atoms with van der Waals surface area (Å²) in [5.74, 6) is 0. The van der Waals surface area contributed by atoms with Crippen LogP contribution in [0.15, 0.2) is 164 Å². The van der Waals surface area contributed by atoms with Gasteiger partial charge in [0.2, 0.25) is 0 Å². The van der Waals surface area contributed by atoms with E-state index in [9.17, 15) is 0 Å². The van der Waals surface area contributed by atoms with E-state index in [1.165, 1.54) is 93.6 Å². The van der Waals surface area contributed by atoms with Crippen molar-refractivity contribution in [3.05, 3.63) is 175 Å². The molecule has 2 nitrogen and oxygen atoms in total. The van der Waals surface area contributed by atoms with Crippen LogP contribution >= 0.6 is 0 Å². The molecule has 0 fully saturated rings. The van der Waals surface area contributed by atoms with Gasteiger partial charge >= 0.3 is 0 Å². The molecule has 3 aliphatic rings. The molecule has 1 radical (unpaired) electrons. The van der Waals surface area contributed by atoms with Crippen molar-refractivity contribution in [3.8, 4) is 33.4 Å². The van der Waals surface area contributed by atoms with E-state index in [0.29, 0.717) is 0 Å². The number of para-hydroxylation sites is 2. The van der Waals surface area contributed by atoms with Crippen molar-refractivity contribution in [1.29, 1.82) is 0 Å². The summed E-state index contributed by atoms with van der Waals surface area (Å²) in [6, 6.07) is 60.8. The second-order valence-electron chi connectivity index (χ2n) is 16.5. The first-order valence-electron chi connectivity index (χ1n) is 19.4. The number of nitrogens with one attached hydrogen (secondary N) is 1. The highest BCUT2D eigenvalue weighted by molar-refractivity contribution is 7.03. The van der Waals surface area contributed by atoms with Crippen LogP contribution in [-0.2, 0) is 5.41 Å². The standard InChI is InChI=1S/C51H40BN2Si/c1-51(2)41-20-11-10-19-37(41)39-31-40(48-50(47(39)51)54-44-22-12-13-23-45(44)55(3,4)46-24-14-21-42(52-48)49(46)54)38-29-34-17-8-9-18-35(34)30-43(38)53-36-27-25-33(26-28-36)32-15-6-5-7-16-32/h5-31,53H,1-4H3. The summed E-state index contributed by atoms with van der Waals surface area (Å²) in [5, 5.41) is 9.36. The number of anilines is 5. The first kappa shape index (κ1) is 32.3. The van der Waals surface area contributed by atoms with E-state index in [-0.39, 0.29) is 5.41 Å². The van der Waals surface area contributed by atoms with Crippen molar-refractivity contribution in [2.45, 2.75) is 32.4 Å². The van der Waals surface area contributed by atoms with Gasteiger partial charge in [-0.2, -0.15) is 0 Å². The van der Waals surface area contributed by atoms with Gasteiger partial charge < -0.3 is 10.2 Å². The van der Waals surface area contributed by atoms with Crippen molar-refractivity contribution >= 4 is 75.9 Å². The zero-order chi connectivity index (χ0) is 37.1. The lowest BCUT2D eigenvalue weighted by Gasteiger charge is -2.47. The first-order valence-corrected chi connectivity index (χ1v) is 22.4. The molecule has 0 amide bonds. The fourth-order valence-corrected chi connectivity index (χ4v) is 12.9. The fourth-order valence-electron chi connectivity index (χ4n) is 9.91. The third-order valence-electron chi connectivity index (χ3n) is 12.6. The van der Waals surface area contributed by atoms with Crippen LogP contribution in [0.4, 0.5) is 28.4 Å². The minimum Gasteiger partial charge on any atom is -0.355 e. The smallest absolute Gasteiger partial charge is 0.197 e. The molecule has 2 heterocycles. The second kappa shape index (κ2) is 11.7. The molecule has 0 saturated carbocycles. The molecule has 2 aliphatic heterocycles. The Bertz CT molecular complexity index is 2870. The summed E-state index contributed by atoms with van der Waals surface area (Å²) in [6.45, 7) is 9.90. The lowest BCUT2D eigenvalue weighted by atomic mass is 9.56. The Labute approximate surface area is 325 Å². The molecule has 0 atom stereocenters. The Morgan fingerprint density at radius 3 is 2.04 bits per heavy atom. The molecule has 55 heavy (non-hydrogen) atoms. The van der Waals surface area contributed by atoms with Crippen LogP contribution in [0.3, 0.4) is 0 Å². The molecule has 4 heteroatoms. The van der Waals surface area contributed by atoms with E-state index in [1.807, 2.05) is 0 Å². The van der Waals surface area contributed by atoms with Crippen LogP contribution in [0.25, 0.3) is 44.2 Å². The van der Waals surface area contributed by atoms with E-state index in [1.54, 1.807) is 0 Å². The third kappa shape index (κ3) is 4.68. The fraction of sp³-hybridized carbons (Fsp3) is 0.0980. The number of rotatable bonds is 4. The molecule has 0 saturated heterocycles. The Morgan fingerprint density at radius 1 is 0.545 bits per heavy atom. The van der Waals surface area contributed by atoms with Crippen LogP contribution in [0.1, 0.15) is 25.0 Å². The number of fused-ring (bicyclic) bond motifs is 9.